The minimum Gasteiger partial charge on any atom is -0.397 e. The first kappa shape index (κ1) is 11.6. The summed E-state index contributed by atoms with van der Waals surface area (Å²) in [5, 5.41) is 15.4. The van der Waals surface area contributed by atoms with E-state index in [0.29, 0.717) is 11.3 Å². The number of hydrogen-bond donors (Lipinski definition) is 2. The van der Waals surface area contributed by atoms with Crippen molar-refractivity contribution in [2.75, 3.05) is 11.1 Å². The molecule has 3 rings (SSSR count). The average molecular weight is 265 g/mol. The Hall–Kier alpha value is -2.51. The molecule has 19 heavy (non-hydrogen) atoms. The summed E-state index contributed by atoms with van der Waals surface area (Å²) in [6, 6.07) is 15.6. The lowest BCUT2D eigenvalue weighted by molar-refractivity contribution is 1.48. The van der Waals surface area contributed by atoms with E-state index in [1.807, 2.05) is 18.2 Å². The number of nitriles is 1. The molecule has 3 nitrogen and oxygen atoms in total. The fourth-order valence-corrected chi connectivity index (χ4v) is 2.86. The van der Waals surface area contributed by atoms with E-state index in [-0.39, 0.29) is 0 Å². The van der Waals surface area contributed by atoms with Crippen molar-refractivity contribution in [2.24, 2.45) is 0 Å². The molecule has 92 valence electrons. The number of fused-ring (bicyclic) bond motifs is 1. The maximum Gasteiger partial charge on any atom is 0.0992 e. The molecule has 0 atom stereocenters. The molecule has 1 aromatic heterocycles. The summed E-state index contributed by atoms with van der Waals surface area (Å²) in [6.45, 7) is 0. The number of benzene rings is 2. The summed E-state index contributed by atoms with van der Waals surface area (Å²) in [7, 11) is 0. The van der Waals surface area contributed by atoms with Crippen molar-refractivity contribution in [3.63, 3.8) is 0 Å². The van der Waals surface area contributed by atoms with Gasteiger partial charge in [0, 0.05) is 15.5 Å². The second-order valence-corrected chi connectivity index (χ2v) is 5.10. The summed E-state index contributed by atoms with van der Waals surface area (Å²) in [5.74, 6) is 0. The molecule has 0 aliphatic rings. The van der Waals surface area contributed by atoms with Gasteiger partial charge in [0.1, 0.15) is 0 Å². The summed E-state index contributed by atoms with van der Waals surface area (Å²) in [5.41, 5.74) is 8.95. The van der Waals surface area contributed by atoms with Crippen molar-refractivity contribution >= 4 is 38.5 Å². The van der Waals surface area contributed by atoms with E-state index < -0.39 is 0 Å². The smallest absolute Gasteiger partial charge is 0.0992 e. The zero-order valence-corrected chi connectivity index (χ0v) is 10.9. The molecule has 0 saturated carbocycles. The van der Waals surface area contributed by atoms with Gasteiger partial charge >= 0.3 is 0 Å². The number of anilines is 3. The van der Waals surface area contributed by atoms with Crippen LogP contribution >= 0.6 is 11.3 Å². The van der Waals surface area contributed by atoms with Gasteiger partial charge in [-0.05, 0) is 24.3 Å². The van der Waals surface area contributed by atoms with Crippen molar-refractivity contribution < 1.29 is 0 Å². The molecule has 0 aliphatic heterocycles. The topological polar surface area (TPSA) is 61.8 Å². The molecule has 0 aliphatic carbocycles. The number of nitrogen functional groups attached to an aromatic ring is 1. The summed E-state index contributed by atoms with van der Waals surface area (Å²) in [4.78, 5) is 0. The summed E-state index contributed by atoms with van der Waals surface area (Å²) < 4.78 is 1.23. The summed E-state index contributed by atoms with van der Waals surface area (Å²) >= 11 is 1.69. The van der Waals surface area contributed by atoms with Crippen LogP contribution < -0.4 is 11.1 Å². The highest BCUT2D eigenvalue weighted by atomic mass is 32.1. The molecule has 1 heterocycles. The van der Waals surface area contributed by atoms with Crippen molar-refractivity contribution in [2.45, 2.75) is 0 Å². The Balaban J connectivity index is 2.00. The Morgan fingerprint density at radius 2 is 1.95 bits per heavy atom. The van der Waals surface area contributed by atoms with Gasteiger partial charge in [0.25, 0.3) is 0 Å². The van der Waals surface area contributed by atoms with E-state index in [9.17, 15) is 0 Å². The lowest BCUT2D eigenvalue weighted by atomic mass is 10.2. The molecule has 0 fully saturated rings. The van der Waals surface area contributed by atoms with E-state index in [4.69, 9.17) is 11.0 Å². The predicted molar refractivity (Wildman–Crippen MR) is 80.7 cm³/mol. The van der Waals surface area contributed by atoms with Gasteiger partial charge in [-0.2, -0.15) is 5.26 Å². The largest absolute Gasteiger partial charge is 0.397 e. The molecule has 2 aromatic carbocycles. The number of rotatable bonds is 2. The van der Waals surface area contributed by atoms with E-state index in [2.05, 4.69) is 28.9 Å². The van der Waals surface area contributed by atoms with Crippen LogP contribution in [0.15, 0.2) is 47.8 Å². The van der Waals surface area contributed by atoms with Gasteiger partial charge in [-0.25, -0.2) is 0 Å². The van der Waals surface area contributed by atoms with Gasteiger partial charge in [0.15, 0.2) is 0 Å². The Bertz CT molecular complexity index is 783. The van der Waals surface area contributed by atoms with Crippen LogP contribution in [0.25, 0.3) is 10.1 Å². The van der Waals surface area contributed by atoms with Crippen LogP contribution in [0.1, 0.15) is 5.56 Å². The second kappa shape index (κ2) is 4.63. The Labute approximate surface area is 114 Å². The first-order valence-electron chi connectivity index (χ1n) is 5.81. The number of nitrogens with zero attached hydrogens (tertiary/aromatic N) is 1. The Kier molecular flexibility index (Phi) is 2.82. The average Bonchev–Trinajstić information content (AvgIpc) is 2.84. The zero-order valence-electron chi connectivity index (χ0n) is 10.1. The number of hydrogen-bond acceptors (Lipinski definition) is 4. The quantitative estimate of drug-likeness (QED) is 0.686. The second-order valence-electron chi connectivity index (χ2n) is 4.18. The lowest BCUT2D eigenvalue weighted by Gasteiger charge is -2.08. The van der Waals surface area contributed by atoms with E-state index >= 15 is 0 Å². The van der Waals surface area contributed by atoms with Crippen molar-refractivity contribution in [1.82, 2.24) is 0 Å². The molecular weight excluding hydrogens is 254 g/mol. The fraction of sp³-hybridized carbons (Fsp3) is 0. The maximum atomic E-state index is 8.83. The number of thiophene rings is 1. The van der Waals surface area contributed by atoms with Crippen LogP contribution in [0.5, 0.6) is 0 Å². The van der Waals surface area contributed by atoms with Gasteiger partial charge in [0.05, 0.1) is 28.7 Å². The third-order valence-electron chi connectivity index (χ3n) is 2.93. The van der Waals surface area contributed by atoms with E-state index in [0.717, 1.165) is 11.4 Å². The van der Waals surface area contributed by atoms with Gasteiger partial charge in [-0.3, -0.25) is 0 Å². The van der Waals surface area contributed by atoms with Crippen molar-refractivity contribution in [1.29, 1.82) is 5.26 Å². The van der Waals surface area contributed by atoms with E-state index in [1.165, 1.54) is 10.1 Å². The van der Waals surface area contributed by atoms with Crippen LogP contribution in [0.4, 0.5) is 17.1 Å². The van der Waals surface area contributed by atoms with Crippen LogP contribution in [-0.2, 0) is 0 Å². The third-order valence-corrected chi connectivity index (χ3v) is 3.89. The molecule has 4 heteroatoms. The minimum absolute atomic E-state index is 0.568. The molecule has 0 bridgehead atoms. The highest BCUT2D eigenvalue weighted by Gasteiger charge is 2.06. The minimum atomic E-state index is 0.568. The van der Waals surface area contributed by atoms with Crippen LogP contribution in [0, 0.1) is 11.3 Å². The standard InChI is InChI=1S/C15H11N3S/c16-8-10-5-6-13(12(17)7-10)18-14-9-19-15-4-2-1-3-11(14)15/h1-7,9,18H,17H2. The number of nitrogens with two attached hydrogens (primary N) is 1. The lowest BCUT2D eigenvalue weighted by Crippen LogP contribution is -1.96. The van der Waals surface area contributed by atoms with Crippen LogP contribution in [0.2, 0.25) is 0 Å². The van der Waals surface area contributed by atoms with Gasteiger partial charge in [-0.1, -0.05) is 18.2 Å². The maximum absolute atomic E-state index is 8.83. The first-order valence-corrected chi connectivity index (χ1v) is 6.69. The molecule has 0 saturated heterocycles. The monoisotopic (exact) mass is 265 g/mol. The fourth-order valence-electron chi connectivity index (χ4n) is 1.97. The highest BCUT2D eigenvalue weighted by Crippen LogP contribution is 2.33. The molecule has 3 aromatic rings. The van der Waals surface area contributed by atoms with Gasteiger partial charge in [0.2, 0.25) is 0 Å². The molecule has 0 radical (unpaired) electrons. The Morgan fingerprint density at radius 3 is 2.74 bits per heavy atom. The molecule has 3 N–H and O–H groups in total. The molecule has 0 unspecified atom stereocenters. The normalized spacial score (nSPS) is 10.3. The van der Waals surface area contributed by atoms with Crippen molar-refractivity contribution in [3.8, 4) is 6.07 Å². The first-order chi connectivity index (χ1) is 9.28. The summed E-state index contributed by atoms with van der Waals surface area (Å²) in [6.07, 6.45) is 0. The zero-order chi connectivity index (χ0) is 13.2. The van der Waals surface area contributed by atoms with Crippen LogP contribution in [0.3, 0.4) is 0 Å². The van der Waals surface area contributed by atoms with Crippen molar-refractivity contribution in [3.05, 3.63) is 53.4 Å². The highest BCUT2D eigenvalue weighted by molar-refractivity contribution is 7.17. The molecule has 0 spiro atoms. The SMILES string of the molecule is N#Cc1ccc(Nc2csc3ccccc23)c(N)c1. The Morgan fingerprint density at radius 1 is 1.11 bits per heavy atom. The molecule has 0 amide bonds. The van der Waals surface area contributed by atoms with E-state index in [1.54, 1.807) is 23.5 Å². The predicted octanol–water partition coefficient (Wildman–Crippen LogP) is 4.10. The number of nitrogens with one attached hydrogen (secondary N) is 1. The van der Waals surface area contributed by atoms with Crippen LogP contribution in [-0.4, -0.2) is 0 Å². The third kappa shape index (κ3) is 2.12. The van der Waals surface area contributed by atoms with Gasteiger partial charge < -0.3 is 11.1 Å². The molecular formula is C15H11N3S. The van der Waals surface area contributed by atoms with Gasteiger partial charge in [-0.15, -0.1) is 11.3 Å².